The van der Waals surface area contributed by atoms with E-state index in [0.717, 1.165) is 23.3 Å². The molecule has 0 atom stereocenters. The van der Waals surface area contributed by atoms with Gasteiger partial charge >= 0.3 is 18.2 Å². The van der Waals surface area contributed by atoms with Gasteiger partial charge in [-0.3, -0.25) is 0 Å². The lowest BCUT2D eigenvalue weighted by Crippen LogP contribution is -2.21. The maximum absolute atomic E-state index is 13.4. The number of aryl methyl sites for hydroxylation is 1. The summed E-state index contributed by atoms with van der Waals surface area (Å²) in [6, 6.07) is 12.7. The number of urea groups is 1. The predicted molar refractivity (Wildman–Crippen MR) is 153 cm³/mol. The number of amides is 2. The summed E-state index contributed by atoms with van der Waals surface area (Å²) in [7, 11) is 1.54. The van der Waals surface area contributed by atoms with Gasteiger partial charge < -0.3 is 20.1 Å². The number of anilines is 2. The minimum atomic E-state index is -4.60. The van der Waals surface area contributed by atoms with Crippen LogP contribution in [0.25, 0.3) is 22.5 Å². The molecule has 0 aliphatic heterocycles. The molecule has 6 rings (SSSR count). The van der Waals surface area contributed by atoms with Crippen LogP contribution >= 0.6 is 0 Å². The van der Waals surface area contributed by atoms with Crippen molar-refractivity contribution in [2.24, 2.45) is 0 Å². The van der Waals surface area contributed by atoms with E-state index in [0.29, 0.717) is 23.0 Å². The van der Waals surface area contributed by atoms with E-state index in [1.54, 1.807) is 61.4 Å². The third-order valence-corrected chi connectivity index (χ3v) is 6.35. The topological polar surface area (TPSA) is 133 Å². The number of carbonyl (C=O) groups excluding carboxylic acids is 1. The van der Waals surface area contributed by atoms with Crippen molar-refractivity contribution in [1.29, 1.82) is 0 Å². The van der Waals surface area contributed by atoms with Crippen LogP contribution in [0.4, 0.5) is 29.3 Å². The van der Waals surface area contributed by atoms with Crippen molar-refractivity contribution in [2.45, 2.75) is 13.1 Å². The highest BCUT2D eigenvalue weighted by Gasteiger charge is 2.31. The summed E-state index contributed by atoms with van der Waals surface area (Å²) < 4.78 is 54.0. The molecule has 0 bridgehead atoms. The summed E-state index contributed by atoms with van der Waals surface area (Å²) in [6.45, 7) is 1.74. The zero-order chi connectivity index (χ0) is 30.8. The van der Waals surface area contributed by atoms with E-state index in [4.69, 9.17) is 9.47 Å². The summed E-state index contributed by atoms with van der Waals surface area (Å²) in [5, 5.41) is 13.5. The molecule has 2 amide bonds. The van der Waals surface area contributed by atoms with Crippen molar-refractivity contribution in [3.05, 3.63) is 96.8 Å². The first kappa shape index (κ1) is 28.1. The average molecular weight is 602 g/mol. The third-order valence-electron chi connectivity index (χ3n) is 6.35. The number of aromatic nitrogens is 7. The molecule has 15 heteroatoms. The van der Waals surface area contributed by atoms with Crippen LogP contribution in [0.15, 0.2) is 85.6 Å². The van der Waals surface area contributed by atoms with Gasteiger partial charge in [0.15, 0.2) is 5.65 Å². The van der Waals surface area contributed by atoms with Crippen LogP contribution < -0.4 is 20.1 Å². The molecule has 0 saturated carbocycles. The van der Waals surface area contributed by atoms with E-state index in [9.17, 15) is 18.0 Å². The second kappa shape index (κ2) is 11.4. The van der Waals surface area contributed by atoms with Gasteiger partial charge in [-0.05, 0) is 48.9 Å². The molecule has 4 heterocycles. The van der Waals surface area contributed by atoms with Crippen molar-refractivity contribution >= 4 is 23.1 Å². The Balaban J connectivity index is 1.12. The summed E-state index contributed by atoms with van der Waals surface area (Å²) in [6.07, 6.45) is 3.04. The zero-order valence-electron chi connectivity index (χ0n) is 23.1. The summed E-state index contributed by atoms with van der Waals surface area (Å²) in [4.78, 5) is 25.4. The monoisotopic (exact) mass is 601 g/mol. The van der Waals surface area contributed by atoms with E-state index < -0.39 is 17.8 Å². The number of alkyl halides is 3. The van der Waals surface area contributed by atoms with Gasteiger partial charge in [0, 0.05) is 24.0 Å². The molecular formula is C29H22F3N9O3. The maximum Gasteiger partial charge on any atom is 0.416 e. The highest BCUT2D eigenvalue weighted by Crippen LogP contribution is 2.33. The molecule has 6 aromatic rings. The van der Waals surface area contributed by atoms with Crippen LogP contribution in [0.2, 0.25) is 0 Å². The van der Waals surface area contributed by atoms with Crippen molar-refractivity contribution in [3.63, 3.8) is 0 Å². The molecule has 0 fully saturated rings. The van der Waals surface area contributed by atoms with Crippen LogP contribution in [-0.2, 0) is 6.18 Å². The van der Waals surface area contributed by atoms with Crippen molar-refractivity contribution < 1.29 is 27.4 Å². The van der Waals surface area contributed by atoms with E-state index >= 15 is 0 Å². The van der Waals surface area contributed by atoms with E-state index in [2.05, 4.69) is 35.8 Å². The second-order valence-electron chi connectivity index (χ2n) is 9.39. The van der Waals surface area contributed by atoms with E-state index in [1.165, 1.54) is 23.1 Å². The number of hydrogen-bond donors (Lipinski definition) is 2. The molecule has 0 unspecified atom stereocenters. The largest absolute Gasteiger partial charge is 0.481 e. The Bertz CT molecular complexity index is 1950. The van der Waals surface area contributed by atoms with E-state index in [1.807, 2.05) is 12.1 Å². The number of hydrogen-bond acceptors (Lipinski definition) is 8. The number of ether oxygens (including phenoxy) is 2. The Labute approximate surface area is 247 Å². The van der Waals surface area contributed by atoms with Crippen molar-refractivity contribution in [1.82, 2.24) is 34.3 Å². The highest BCUT2D eigenvalue weighted by atomic mass is 19.4. The standard InChI is InChI=1S/C29H22F3N9O3/c1-17-9-11-40(39-17)24-8-5-19(29(30,31)32)13-23(24)37-27(42)36-20-14-33-28(34-15-20)44-21-6-3-18(4-7-21)22-16-35-41-12-10-25(43-2)38-26(22)41/h3-16H,1-2H3,(H2,36,37,42). The van der Waals surface area contributed by atoms with Gasteiger partial charge in [-0.15, -0.1) is 0 Å². The van der Waals surface area contributed by atoms with Crippen LogP contribution in [0, 0.1) is 6.92 Å². The third kappa shape index (κ3) is 5.97. The Morgan fingerprint density at radius 2 is 1.70 bits per heavy atom. The minimum absolute atomic E-state index is 0.0142. The van der Waals surface area contributed by atoms with Gasteiger partial charge in [-0.2, -0.15) is 28.4 Å². The zero-order valence-corrected chi connectivity index (χ0v) is 23.1. The quantitative estimate of drug-likeness (QED) is 0.223. The molecule has 0 aliphatic carbocycles. The first-order valence-corrected chi connectivity index (χ1v) is 13.0. The van der Waals surface area contributed by atoms with Gasteiger partial charge in [0.2, 0.25) is 5.88 Å². The SMILES string of the molecule is COc1ccn2ncc(-c3ccc(Oc4ncc(NC(=O)Nc5cc(C(F)(F)F)ccc5-n5ccc(C)n5)cn4)cc3)c2n1. The molecule has 2 N–H and O–H groups in total. The molecule has 222 valence electrons. The smallest absolute Gasteiger partial charge is 0.416 e. The van der Waals surface area contributed by atoms with Gasteiger partial charge in [-0.25, -0.2) is 24.0 Å². The number of rotatable bonds is 7. The number of nitrogens with one attached hydrogen (secondary N) is 2. The van der Waals surface area contributed by atoms with Gasteiger partial charge in [0.05, 0.1) is 54.0 Å². The summed E-state index contributed by atoms with van der Waals surface area (Å²) in [5.74, 6) is 0.927. The Hall–Kier alpha value is -5.99. The number of halogens is 3. The summed E-state index contributed by atoms with van der Waals surface area (Å²) in [5.41, 5.74) is 2.37. The van der Waals surface area contributed by atoms with Crippen LogP contribution in [0.1, 0.15) is 11.3 Å². The number of methoxy groups -OCH3 is 1. The lowest BCUT2D eigenvalue weighted by Gasteiger charge is -2.15. The first-order chi connectivity index (χ1) is 21.2. The van der Waals surface area contributed by atoms with Crippen LogP contribution in [0.5, 0.6) is 17.6 Å². The Kier molecular flexibility index (Phi) is 7.26. The molecular weight excluding hydrogens is 579 g/mol. The molecule has 0 saturated heterocycles. The van der Waals surface area contributed by atoms with Gasteiger partial charge in [0.25, 0.3) is 0 Å². The predicted octanol–water partition coefficient (Wildman–Crippen LogP) is 6.14. The Morgan fingerprint density at radius 1 is 0.932 bits per heavy atom. The lowest BCUT2D eigenvalue weighted by molar-refractivity contribution is -0.137. The fourth-order valence-corrected chi connectivity index (χ4v) is 4.26. The molecule has 44 heavy (non-hydrogen) atoms. The minimum Gasteiger partial charge on any atom is -0.481 e. The van der Waals surface area contributed by atoms with Crippen molar-refractivity contribution in [2.75, 3.05) is 17.7 Å². The summed E-state index contributed by atoms with van der Waals surface area (Å²) >= 11 is 0. The lowest BCUT2D eigenvalue weighted by atomic mass is 10.1. The fourth-order valence-electron chi connectivity index (χ4n) is 4.26. The van der Waals surface area contributed by atoms with Crippen LogP contribution in [0.3, 0.4) is 0 Å². The number of nitrogens with zero attached hydrogens (tertiary/aromatic N) is 7. The Morgan fingerprint density at radius 3 is 2.39 bits per heavy atom. The number of fused-ring (bicyclic) bond motifs is 1. The molecule has 4 aromatic heterocycles. The van der Waals surface area contributed by atoms with Gasteiger partial charge in [0.1, 0.15) is 5.75 Å². The van der Waals surface area contributed by atoms with Crippen LogP contribution in [-0.4, -0.2) is 47.5 Å². The fraction of sp³-hybridized carbons (Fsp3) is 0.103. The number of benzene rings is 2. The molecule has 0 aliphatic rings. The molecule has 0 spiro atoms. The highest BCUT2D eigenvalue weighted by molar-refractivity contribution is 6.00. The van der Waals surface area contributed by atoms with E-state index in [-0.39, 0.29) is 23.1 Å². The van der Waals surface area contributed by atoms with Crippen molar-refractivity contribution in [3.8, 4) is 34.5 Å². The molecule has 0 radical (unpaired) electrons. The molecule has 12 nitrogen and oxygen atoms in total. The second-order valence-corrected chi connectivity index (χ2v) is 9.39. The van der Waals surface area contributed by atoms with Gasteiger partial charge in [-0.1, -0.05) is 12.1 Å². The average Bonchev–Trinajstić information content (AvgIpc) is 3.64. The number of carbonyl (C=O) groups is 1. The maximum atomic E-state index is 13.4. The normalized spacial score (nSPS) is 11.4. The first-order valence-electron chi connectivity index (χ1n) is 13.0. The molecule has 2 aromatic carbocycles.